The summed E-state index contributed by atoms with van der Waals surface area (Å²) in [5.41, 5.74) is -0.957. The Bertz CT molecular complexity index is 654. The van der Waals surface area contributed by atoms with Crippen LogP contribution in [-0.2, 0) is 25.4 Å². The summed E-state index contributed by atoms with van der Waals surface area (Å²) in [6.45, 7) is 10.4. The van der Waals surface area contributed by atoms with E-state index in [2.05, 4.69) is 10.4 Å². The molecule has 0 aromatic carbocycles. The number of hydrogen-bond acceptors (Lipinski definition) is 7. The third-order valence-electron chi connectivity index (χ3n) is 2.81. The van der Waals surface area contributed by atoms with Crippen LogP contribution < -0.4 is 5.32 Å². The third-order valence-corrected chi connectivity index (χ3v) is 2.81. The molecular weight excluding hydrogens is 342 g/mol. The van der Waals surface area contributed by atoms with Gasteiger partial charge in [-0.1, -0.05) is 0 Å². The first-order valence-corrected chi connectivity index (χ1v) is 8.16. The maximum absolute atomic E-state index is 12.0. The number of amides is 1. The van der Waals surface area contributed by atoms with Crippen LogP contribution in [0, 0.1) is 0 Å². The molecule has 1 heterocycles. The van der Waals surface area contributed by atoms with Crippen LogP contribution in [0.5, 0.6) is 0 Å². The summed E-state index contributed by atoms with van der Waals surface area (Å²) in [5.74, 6) is -0.650. The van der Waals surface area contributed by atoms with Gasteiger partial charge < -0.3 is 19.5 Å². The Labute approximate surface area is 153 Å². The van der Waals surface area contributed by atoms with Crippen molar-refractivity contribution in [3.63, 3.8) is 0 Å². The van der Waals surface area contributed by atoms with Crippen LogP contribution in [0.4, 0.5) is 9.59 Å². The molecule has 0 spiro atoms. The Balaban J connectivity index is 2.82. The van der Waals surface area contributed by atoms with E-state index in [1.54, 1.807) is 47.6 Å². The lowest BCUT2D eigenvalue weighted by atomic mass is 10.1. The number of rotatable bonds is 4. The van der Waals surface area contributed by atoms with E-state index in [0.717, 1.165) is 4.68 Å². The first-order chi connectivity index (χ1) is 11.8. The predicted molar refractivity (Wildman–Crippen MR) is 92.7 cm³/mol. The zero-order chi connectivity index (χ0) is 20.1. The second-order valence-corrected chi connectivity index (χ2v) is 7.66. The van der Waals surface area contributed by atoms with Gasteiger partial charge in [0.1, 0.15) is 17.2 Å². The van der Waals surface area contributed by atoms with E-state index in [9.17, 15) is 14.4 Å². The topological polar surface area (TPSA) is 109 Å². The average Bonchev–Trinajstić information content (AvgIpc) is 2.90. The fraction of sp³-hybridized carbons (Fsp3) is 0.647. The molecule has 146 valence electrons. The molecule has 0 saturated heterocycles. The number of aromatic nitrogens is 2. The van der Waals surface area contributed by atoms with Gasteiger partial charge >= 0.3 is 18.2 Å². The van der Waals surface area contributed by atoms with Gasteiger partial charge in [0.2, 0.25) is 0 Å². The SMILES string of the molecule is COC(=O)[C@H](Cc1ccn(C(=O)OC(C)(C)C)n1)NC(=O)OC(C)(C)C. The van der Waals surface area contributed by atoms with Crippen molar-refractivity contribution in [1.29, 1.82) is 0 Å². The minimum absolute atomic E-state index is 0.0295. The fourth-order valence-electron chi connectivity index (χ4n) is 1.88. The second kappa shape index (κ2) is 8.20. The monoisotopic (exact) mass is 369 g/mol. The summed E-state index contributed by atoms with van der Waals surface area (Å²) in [6, 6.07) is 0.549. The second-order valence-electron chi connectivity index (χ2n) is 7.66. The van der Waals surface area contributed by atoms with Crippen molar-refractivity contribution in [3.8, 4) is 0 Å². The van der Waals surface area contributed by atoms with Gasteiger partial charge in [-0.15, -0.1) is 0 Å². The van der Waals surface area contributed by atoms with E-state index < -0.39 is 35.4 Å². The van der Waals surface area contributed by atoms with Crippen LogP contribution in [-0.4, -0.2) is 52.3 Å². The number of hydrogen-bond donors (Lipinski definition) is 1. The highest BCUT2D eigenvalue weighted by Crippen LogP contribution is 2.11. The Morgan fingerprint density at radius 2 is 1.69 bits per heavy atom. The molecule has 1 aromatic heterocycles. The van der Waals surface area contributed by atoms with Gasteiger partial charge in [-0.3, -0.25) is 0 Å². The van der Waals surface area contributed by atoms with Crippen molar-refractivity contribution >= 4 is 18.2 Å². The Morgan fingerprint density at radius 3 is 2.19 bits per heavy atom. The molecule has 1 N–H and O–H groups in total. The van der Waals surface area contributed by atoms with Gasteiger partial charge in [0, 0.05) is 12.6 Å². The normalized spacial score (nSPS) is 12.9. The highest BCUT2D eigenvalue weighted by atomic mass is 16.6. The molecule has 1 amide bonds. The number of ether oxygens (including phenoxy) is 3. The van der Waals surface area contributed by atoms with Crippen molar-refractivity contribution in [2.45, 2.75) is 65.2 Å². The molecule has 1 atom stereocenters. The van der Waals surface area contributed by atoms with E-state index in [0.29, 0.717) is 5.69 Å². The standard InChI is InChI=1S/C17H27N3O6/c1-16(2,3)25-14(22)18-12(13(21)24-7)10-11-8-9-20(19-11)15(23)26-17(4,5)6/h8-9,12H,10H2,1-7H3,(H,18,22)/t12-/m0/s1. The molecule has 9 nitrogen and oxygen atoms in total. The van der Waals surface area contributed by atoms with E-state index in [-0.39, 0.29) is 6.42 Å². The zero-order valence-electron chi connectivity index (χ0n) is 16.3. The van der Waals surface area contributed by atoms with Gasteiger partial charge in [0.05, 0.1) is 12.8 Å². The number of methoxy groups -OCH3 is 1. The molecule has 0 radical (unpaired) electrons. The molecule has 0 unspecified atom stereocenters. The van der Waals surface area contributed by atoms with E-state index >= 15 is 0 Å². The first kappa shape index (κ1) is 21.5. The van der Waals surface area contributed by atoms with Crippen molar-refractivity contribution in [2.75, 3.05) is 7.11 Å². The molecule has 9 heteroatoms. The summed E-state index contributed by atoms with van der Waals surface area (Å²) in [5, 5.41) is 6.52. The third kappa shape index (κ3) is 7.54. The minimum Gasteiger partial charge on any atom is -0.467 e. The van der Waals surface area contributed by atoms with Gasteiger partial charge in [-0.25, -0.2) is 14.4 Å². The number of carbonyl (C=O) groups excluding carboxylic acids is 3. The molecule has 0 aliphatic heterocycles. The molecule has 0 aliphatic carbocycles. The van der Waals surface area contributed by atoms with E-state index in [1.807, 2.05) is 0 Å². The van der Waals surface area contributed by atoms with Crippen molar-refractivity contribution < 1.29 is 28.6 Å². The molecule has 0 fully saturated rings. The lowest BCUT2D eigenvalue weighted by Crippen LogP contribution is -2.45. The van der Waals surface area contributed by atoms with Crippen LogP contribution in [0.2, 0.25) is 0 Å². The summed E-state index contributed by atoms with van der Waals surface area (Å²) in [4.78, 5) is 35.8. The number of alkyl carbamates (subject to hydrolysis) is 1. The Hall–Kier alpha value is -2.58. The van der Waals surface area contributed by atoms with Crippen molar-refractivity contribution in [3.05, 3.63) is 18.0 Å². The van der Waals surface area contributed by atoms with Crippen LogP contribution in [0.15, 0.2) is 12.3 Å². The lowest BCUT2D eigenvalue weighted by Gasteiger charge is -2.22. The lowest BCUT2D eigenvalue weighted by molar-refractivity contribution is -0.143. The van der Waals surface area contributed by atoms with Crippen LogP contribution in [0.25, 0.3) is 0 Å². The summed E-state index contributed by atoms with van der Waals surface area (Å²) in [6.07, 6.45) is 0.0605. The van der Waals surface area contributed by atoms with Crippen LogP contribution in [0.1, 0.15) is 47.2 Å². The number of nitrogens with zero attached hydrogens (tertiary/aromatic N) is 2. The maximum atomic E-state index is 12.0. The van der Waals surface area contributed by atoms with Crippen LogP contribution >= 0.6 is 0 Å². The average molecular weight is 369 g/mol. The molecule has 0 saturated carbocycles. The zero-order valence-corrected chi connectivity index (χ0v) is 16.3. The van der Waals surface area contributed by atoms with E-state index in [4.69, 9.17) is 14.2 Å². The summed E-state index contributed by atoms with van der Waals surface area (Å²) >= 11 is 0. The maximum Gasteiger partial charge on any atom is 0.435 e. The number of nitrogens with one attached hydrogen (secondary N) is 1. The molecule has 1 aromatic rings. The van der Waals surface area contributed by atoms with Gasteiger partial charge in [0.15, 0.2) is 0 Å². The first-order valence-electron chi connectivity index (χ1n) is 8.16. The molecule has 0 aliphatic rings. The van der Waals surface area contributed by atoms with Crippen molar-refractivity contribution in [2.24, 2.45) is 0 Å². The van der Waals surface area contributed by atoms with Crippen molar-refractivity contribution in [1.82, 2.24) is 15.1 Å². The minimum atomic E-state index is -1.00. The fourth-order valence-corrected chi connectivity index (χ4v) is 1.88. The smallest absolute Gasteiger partial charge is 0.435 e. The Kier molecular flexibility index (Phi) is 6.77. The summed E-state index contributed by atoms with van der Waals surface area (Å²) in [7, 11) is 1.21. The largest absolute Gasteiger partial charge is 0.467 e. The predicted octanol–water partition coefficient (Wildman–Crippen LogP) is 2.28. The summed E-state index contributed by atoms with van der Waals surface area (Å²) < 4.78 is 16.1. The highest BCUT2D eigenvalue weighted by molar-refractivity contribution is 5.81. The number of carbonyl (C=O) groups is 3. The number of esters is 1. The Morgan fingerprint density at radius 1 is 1.12 bits per heavy atom. The van der Waals surface area contributed by atoms with Gasteiger partial charge in [-0.05, 0) is 47.6 Å². The highest BCUT2D eigenvalue weighted by Gasteiger charge is 2.26. The molecule has 1 rings (SSSR count). The van der Waals surface area contributed by atoms with Gasteiger partial charge in [-0.2, -0.15) is 9.78 Å². The van der Waals surface area contributed by atoms with Crippen LogP contribution in [0.3, 0.4) is 0 Å². The molecule has 26 heavy (non-hydrogen) atoms. The molecule has 0 bridgehead atoms. The molecular formula is C17H27N3O6. The quantitative estimate of drug-likeness (QED) is 0.640. The van der Waals surface area contributed by atoms with Gasteiger partial charge in [0.25, 0.3) is 0 Å². The van der Waals surface area contributed by atoms with E-state index in [1.165, 1.54) is 13.3 Å².